The van der Waals surface area contributed by atoms with Crippen LogP contribution in [0.15, 0.2) is 73.2 Å². The molecule has 0 unspecified atom stereocenters. The second-order valence-electron chi connectivity index (χ2n) is 6.81. The molecule has 4 rings (SSSR count). The fourth-order valence-electron chi connectivity index (χ4n) is 3.26. The lowest BCUT2D eigenvalue weighted by molar-refractivity contribution is 0.0949. The van der Waals surface area contributed by atoms with Crippen molar-refractivity contribution in [3.8, 4) is 0 Å². The minimum atomic E-state index is -0.209. The Kier molecular flexibility index (Phi) is 5.81. The Morgan fingerprint density at radius 3 is 2.55 bits per heavy atom. The second-order valence-corrected chi connectivity index (χ2v) is 6.81. The smallest absolute Gasteiger partial charge is 0.271 e. The summed E-state index contributed by atoms with van der Waals surface area (Å²) in [5.74, 6) is 0.449. The Labute approximate surface area is 169 Å². The average Bonchev–Trinajstić information content (AvgIpc) is 3.18. The summed E-state index contributed by atoms with van der Waals surface area (Å²) in [6.07, 6.45) is 6.80. The summed E-state index contributed by atoms with van der Waals surface area (Å²) < 4.78 is 0. The van der Waals surface area contributed by atoms with Gasteiger partial charge in [0, 0.05) is 30.2 Å². The summed E-state index contributed by atoms with van der Waals surface area (Å²) in [7, 11) is 0. The molecule has 0 atom stereocenters. The third-order valence-corrected chi connectivity index (χ3v) is 4.80. The van der Waals surface area contributed by atoms with Crippen LogP contribution in [0.5, 0.6) is 0 Å². The Morgan fingerprint density at radius 2 is 1.72 bits per heavy atom. The summed E-state index contributed by atoms with van der Waals surface area (Å²) in [4.78, 5) is 24.0. The largest absolute Gasteiger partial charge is 0.368 e. The van der Waals surface area contributed by atoms with Crippen LogP contribution < -0.4 is 10.6 Å². The van der Waals surface area contributed by atoms with Crippen LogP contribution in [0, 0.1) is 0 Å². The van der Waals surface area contributed by atoms with E-state index in [1.165, 1.54) is 22.7 Å². The van der Waals surface area contributed by atoms with Gasteiger partial charge in [-0.05, 0) is 30.0 Å². The molecule has 0 saturated carbocycles. The Bertz CT molecular complexity index is 1070. The molecule has 4 aromatic rings. The highest BCUT2D eigenvalue weighted by atomic mass is 16.1. The zero-order chi connectivity index (χ0) is 19.9. The summed E-state index contributed by atoms with van der Waals surface area (Å²) in [6, 6.07) is 18.3. The highest BCUT2D eigenvalue weighted by Gasteiger charge is 2.08. The van der Waals surface area contributed by atoms with E-state index < -0.39 is 0 Å². The van der Waals surface area contributed by atoms with Crippen molar-refractivity contribution in [3.63, 3.8) is 0 Å². The first-order valence-corrected chi connectivity index (χ1v) is 9.72. The van der Waals surface area contributed by atoms with Crippen LogP contribution in [0.4, 0.5) is 5.82 Å². The number of para-hydroxylation sites is 1. The fraction of sp³-hybridized carbons (Fsp3) is 0.174. The minimum Gasteiger partial charge on any atom is -0.368 e. The lowest BCUT2D eigenvalue weighted by Gasteiger charge is -2.07. The number of hydrogen-bond donors (Lipinski definition) is 3. The first-order chi connectivity index (χ1) is 14.3. The minimum absolute atomic E-state index is 0.209. The summed E-state index contributed by atoms with van der Waals surface area (Å²) >= 11 is 0. The molecule has 0 radical (unpaired) electrons. The second kappa shape index (κ2) is 9.01. The van der Waals surface area contributed by atoms with Crippen molar-refractivity contribution >= 4 is 22.6 Å². The van der Waals surface area contributed by atoms with E-state index in [1.54, 1.807) is 6.20 Å². The molecule has 1 amide bonds. The predicted molar refractivity (Wildman–Crippen MR) is 115 cm³/mol. The number of amides is 1. The summed E-state index contributed by atoms with van der Waals surface area (Å²) in [5, 5.41) is 7.38. The van der Waals surface area contributed by atoms with Gasteiger partial charge in [0.25, 0.3) is 5.91 Å². The van der Waals surface area contributed by atoms with Gasteiger partial charge in [-0.1, -0.05) is 48.5 Å². The number of aromatic amines is 1. The third kappa shape index (κ3) is 4.79. The number of nitrogens with one attached hydrogen (secondary N) is 3. The molecule has 0 saturated heterocycles. The molecule has 2 aromatic heterocycles. The van der Waals surface area contributed by atoms with Crippen LogP contribution in [0.25, 0.3) is 10.9 Å². The van der Waals surface area contributed by atoms with Crippen LogP contribution in [-0.4, -0.2) is 33.9 Å². The van der Waals surface area contributed by atoms with Gasteiger partial charge in [-0.2, -0.15) is 0 Å². The SMILES string of the molecule is O=C(NCCc1ccccc1)c1cnc(NCCc2c[nH]c3ccccc23)cn1. The van der Waals surface area contributed by atoms with Crippen molar-refractivity contribution in [2.75, 3.05) is 18.4 Å². The maximum absolute atomic E-state index is 12.2. The van der Waals surface area contributed by atoms with E-state index in [-0.39, 0.29) is 5.91 Å². The van der Waals surface area contributed by atoms with Gasteiger partial charge in [-0.15, -0.1) is 0 Å². The Balaban J connectivity index is 1.24. The van der Waals surface area contributed by atoms with Crippen LogP contribution in [-0.2, 0) is 12.8 Å². The van der Waals surface area contributed by atoms with Crippen LogP contribution in [0.3, 0.4) is 0 Å². The number of nitrogens with zero attached hydrogens (tertiary/aromatic N) is 2. The number of benzene rings is 2. The Morgan fingerprint density at radius 1 is 0.897 bits per heavy atom. The molecule has 146 valence electrons. The molecule has 6 nitrogen and oxygen atoms in total. The number of hydrogen-bond acceptors (Lipinski definition) is 4. The first-order valence-electron chi connectivity index (χ1n) is 9.72. The summed E-state index contributed by atoms with van der Waals surface area (Å²) in [5.41, 5.74) is 3.91. The van der Waals surface area contributed by atoms with Gasteiger partial charge in [-0.3, -0.25) is 4.79 Å². The van der Waals surface area contributed by atoms with E-state index in [0.29, 0.717) is 18.1 Å². The van der Waals surface area contributed by atoms with Crippen LogP contribution in [0.2, 0.25) is 0 Å². The Hall–Kier alpha value is -3.67. The molecule has 2 heterocycles. The quantitative estimate of drug-likeness (QED) is 0.433. The lowest BCUT2D eigenvalue weighted by atomic mass is 10.1. The van der Waals surface area contributed by atoms with Gasteiger partial charge in [0.05, 0.1) is 12.4 Å². The van der Waals surface area contributed by atoms with Gasteiger partial charge >= 0.3 is 0 Å². The van der Waals surface area contributed by atoms with E-state index in [4.69, 9.17) is 0 Å². The molecule has 0 aliphatic carbocycles. The number of carbonyl (C=O) groups is 1. The van der Waals surface area contributed by atoms with Crippen molar-refractivity contribution in [2.24, 2.45) is 0 Å². The van der Waals surface area contributed by atoms with Crippen LogP contribution in [0.1, 0.15) is 21.6 Å². The van der Waals surface area contributed by atoms with Crippen molar-refractivity contribution < 1.29 is 4.79 Å². The fourth-order valence-corrected chi connectivity index (χ4v) is 3.26. The van der Waals surface area contributed by atoms with E-state index in [9.17, 15) is 4.79 Å². The molecule has 0 aliphatic rings. The third-order valence-electron chi connectivity index (χ3n) is 4.80. The molecule has 0 fully saturated rings. The van der Waals surface area contributed by atoms with Gasteiger partial charge < -0.3 is 15.6 Å². The molecule has 3 N–H and O–H groups in total. The maximum Gasteiger partial charge on any atom is 0.271 e. The van der Waals surface area contributed by atoms with Crippen molar-refractivity contribution in [2.45, 2.75) is 12.8 Å². The van der Waals surface area contributed by atoms with Crippen molar-refractivity contribution in [3.05, 3.63) is 90.0 Å². The van der Waals surface area contributed by atoms with E-state index in [0.717, 1.165) is 24.9 Å². The molecule has 6 heteroatoms. The number of anilines is 1. The zero-order valence-corrected chi connectivity index (χ0v) is 16.1. The predicted octanol–water partition coefficient (Wildman–Crippen LogP) is 3.59. The average molecular weight is 385 g/mol. The standard InChI is InChI=1S/C23H23N5O/c29-23(25-12-10-17-6-2-1-3-7-17)21-15-28-22(16-27-21)24-13-11-18-14-26-20-9-5-4-8-19(18)20/h1-9,14-16,26H,10-13H2,(H,24,28)(H,25,29). The molecule has 0 bridgehead atoms. The normalized spacial score (nSPS) is 10.8. The number of aromatic nitrogens is 3. The molecule has 29 heavy (non-hydrogen) atoms. The molecular weight excluding hydrogens is 362 g/mol. The lowest BCUT2D eigenvalue weighted by Crippen LogP contribution is -2.26. The molecule has 2 aromatic carbocycles. The monoisotopic (exact) mass is 385 g/mol. The first kappa shape index (κ1) is 18.7. The number of carbonyl (C=O) groups excluding carboxylic acids is 1. The number of fused-ring (bicyclic) bond motifs is 1. The van der Waals surface area contributed by atoms with Gasteiger partial charge in [0.1, 0.15) is 11.5 Å². The highest BCUT2D eigenvalue weighted by Crippen LogP contribution is 2.18. The number of rotatable bonds is 8. The maximum atomic E-state index is 12.2. The highest BCUT2D eigenvalue weighted by molar-refractivity contribution is 5.92. The van der Waals surface area contributed by atoms with Gasteiger partial charge in [0.2, 0.25) is 0 Å². The number of H-pyrrole nitrogens is 1. The topological polar surface area (TPSA) is 82.7 Å². The van der Waals surface area contributed by atoms with Crippen molar-refractivity contribution in [1.29, 1.82) is 0 Å². The van der Waals surface area contributed by atoms with E-state index in [2.05, 4.69) is 37.7 Å². The van der Waals surface area contributed by atoms with Crippen molar-refractivity contribution in [1.82, 2.24) is 20.3 Å². The van der Waals surface area contributed by atoms with Gasteiger partial charge in [-0.25, -0.2) is 9.97 Å². The summed E-state index contributed by atoms with van der Waals surface area (Å²) in [6.45, 7) is 1.30. The molecular formula is C23H23N5O. The van der Waals surface area contributed by atoms with E-state index in [1.807, 2.05) is 48.7 Å². The molecule has 0 aliphatic heterocycles. The van der Waals surface area contributed by atoms with Crippen LogP contribution >= 0.6 is 0 Å². The molecule has 0 spiro atoms. The van der Waals surface area contributed by atoms with Gasteiger partial charge in [0.15, 0.2) is 0 Å². The zero-order valence-electron chi connectivity index (χ0n) is 16.1. The van der Waals surface area contributed by atoms with E-state index >= 15 is 0 Å².